The fourth-order valence-corrected chi connectivity index (χ4v) is 1.93. The molecule has 0 aromatic heterocycles. The lowest BCUT2D eigenvalue weighted by molar-refractivity contribution is 0.172. The van der Waals surface area contributed by atoms with Crippen molar-refractivity contribution in [1.82, 2.24) is 5.32 Å². The smallest absolute Gasteiger partial charge is 0.0509 e. The molecule has 1 saturated heterocycles. The van der Waals surface area contributed by atoms with Gasteiger partial charge in [0, 0.05) is 25.8 Å². The molecule has 0 saturated carbocycles. The maximum atomic E-state index is 8.92. The van der Waals surface area contributed by atoms with E-state index in [1.165, 1.54) is 6.42 Å². The predicted octanol–water partition coefficient (Wildman–Crippen LogP) is 1.02. The summed E-state index contributed by atoms with van der Waals surface area (Å²) in [6.45, 7) is 7.26. The first-order valence-corrected chi connectivity index (χ1v) is 5.69. The standard InChI is InChI=1S/C11H23NO2/c1-3-11(10-4-5-14-8-10)12-6-9(2)7-13/h9-13H,3-8H2,1-2H3. The lowest BCUT2D eigenvalue weighted by Gasteiger charge is -2.23. The van der Waals surface area contributed by atoms with E-state index in [0.29, 0.717) is 17.9 Å². The van der Waals surface area contributed by atoms with Crippen molar-refractivity contribution in [2.75, 3.05) is 26.4 Å². The molecule has 3 unspecified atom stereocenters. The summed E-state index contributed by atoms with van der Waals surface area (Å²) in [5, 5.41) is 12.4. The van der Waals surface area contributed by atoms with Crippen LogP contribution >= 0.6 is 0 Å². The Morgan fingerprint density at radius 1 is 1.57 bits per heavy atom. The fourth-order valence-electron chi connectivity index (χ4n) is 1.93. The summed E-state index contributed by atoms with van der Waals surface area (Å²) in [6, 6.07) is 0.562. The number of ether oxygens (including phenoxy) is 1. The largest absolute Gasteiger partial charge is 0.396 e. The van der Waals surface area contributed by atoms with Crippen molar-refractivity contribution < 1.29 is 9.84 Å². The van der Waals surface area contributed by atoms with Gasteiger partial charge in [0.05, 0.1) is 6.61 Å². The topological polar surface area (TPSA) is 41.5 Å². The first kappa shape index (κ1) is 12.0. The van der Waals surface area contributed by atoms with E-state index in [-0.39, 0.29) is 6.61 Å². The molecule has 1 fully saturated rings. The Kier molecular flexibility index (Phi) is 5.45. The Morgan fingerprint density at radius 2 is 2.36 bits per heavy atom. The zero-order valence-electron chi connectivity index (χ0n) is 9.33. The molecule has 84 valence electrons. The van der Waals surface area contributed by atoms with Gasteiger partial charge in [0.25, 0.3) is 0 Å². The first-order chi connectivity index (χ1) is 6.77. The second-order valence-electron chi connectivity index (χ2n) is 4.33. The molecule has 0 bridgehead atoms. The monoisotopic (exact) mass is 201 g/mol. The van der Waals surface area contributed by atoms with Crippen molar-refractivity contribution in [3.8, 4) is 0 Å². The van der Waals surface area contributed by atoms with Gasteiger partial charge in [-0.2, -0.15) is 0 Å². The second kappa shape index (κ2) is 6.38. The highest BCUT2D eigenvalue weighted by molar-refractivity contribution is 4.78. The van der Waals surface area contributed by atoms with Crippen molar-refractivity contribution >= 4 is 0 Å². The molecule has 3 nitrogen and oxygen atoms in total. The van der Waals surface area contributed by atoms with Crippen molar-refractivity contribution in [1.29, 1.82) is 0 Å². The van der Waals surface area contributed by atoms with Gasteiger partial charge in [-0.3, -0.25) is 0 Å². The summed E-state index contributed by atoms with van der Waals surface area (Å²) in [7, 11) is 0. The number of nitrogens with one attached hydrogen (secondary N) is 1. The van der Waals surface area contributed by atoms with Crippen LogP contribution in [0.5, 0.6) is 0 Å². The van der Waals surface area contributed by atoms with E-state index in [2.05, 4.69) is 19.2 Å². The van der Waals surface area contributed by atoms with Gasteiger partial charge in [-0.1, -0.05) is 13.8 Å². The Bertz CT molecular complexity index is 146. The van der Waals surface area contributed by atoms with Crippen LogP contribution in [0.25, 0.3) is 0 Å². The number of rotatable bonds is 6. The maximum Gasteiger partial charge on any atom is 0.0509 e. The molecule has 0 amide bonds. The molecule has 1 rings (SSSR count). The van der Waals surface area contributed by atoms with Crippen LogP contribution in [-0.4, -0.2) is 37.5 Å². The number of aliphatic hydroxyl groups excluding tert-OH is 1. The van der Waals surface area contributed by atoms with Gasteiger partial charge in [-0.15, -0.1) is 0 Å². The van der Waals surface area contributed by atoms with Crippen LogP contribution < -0.4 is 5.32 Å². The number of hydrogen-bond acceptors (Lipinski definition) is 3. The zero-order chi connectivity index (χ0) is 10.4. The molecule has 1 aliphatic heterocycles. The van der Waals surface area contributed by atoms with Crippen molar-refractivity contribution in [2.24, 2.45) is 11.8 Å². The highest BCUT2D eigenvalue weighted by Gasteiger charge is 2.24. The van der Waals surface area contributed by atoms with Gasteiger partial charge in [-0.05, 0) is 24.7 Å². The molecule has 2 N–H and O–H groups in total. The van der Waals surface area contributed by atoms with Crippen LogP contribution in [-0.2, 0) is 4.74 Å². The van der Waals surface area contributed by atoms with E-state index in [0.717, 1.165) is 26.2 Å². The zero-order valence-corrected chi connectivity index (χ0v) is 9.33. The number of aliphatic hydroxyl groups is 1. The van der Waals surface area contributed by atoms with Crippen molar-refractivity contribution in [3.05, 3.63) is 0 Å². The van der Waals surface area contributed by atoms with Gasteiger partial charge in [0.15, 0.2) is 0 Å². The van der Waals surface area contributed by atoms with Gasteiger partial charge in [-0.25, -0.2) is 0 Å². The molecular formula is C11H23NO2. The molecule has 0 spiro atoms. The summed E-state index contributed by atoms with van der Waals surface area (Å²) < 4.78 is 5.38. The summed E-state index contributed by atoms with van der Waals surface area (Å²) in [5.74, 6) is 1.03. The quantitative estimate of drug-likeness (QED) is 0.674. The Morgan fingerprint density at radius 3 is 2.86 bits per heavy atom. The van der Waals surface area contributed by atoms with E-state index in [4.69, 9.17) is 9.84 Å². The third-order valence-corrected chi connectivity index (χ3v) is 3.01. The SMILES string of the molecule is CCC(NCC(C)CO)C1CCOC1. The summed E-state index contributed by atoms with van der Waals surface area (Å²) in [6.07, 6.45) is 2.32. The minimum absolute atomic E-state index is 0.268. The van der Waals surface area contributed by atoms with Crippen LogP contribution in [0.1, 0.15) is 26.7 Å². The molecule has 1 heterocycles. The molecule has 3 atom stereocenters. The van der Waals surface area contributed by atoms with Crippen molar-refractivity contribution in [2.45, 2.75) is 32.7 Å². The highest BCUT2D eigenvalue weighted by Crippen LogP contribution is 2.18. The van der Waals surface area contributed by atoms with Crippen LogP contribution in [0.2, 0.25) is 0 Å². The average molecular weight is 201 g/mol. The molecule has 14 heavy (non-hydrogen) atoms. The normalized spacial score (nSPS) is 26.4. The molecule has 0 aromatic rings. The number of hydrogen-bond donors (Lipinski definition) is 2. The lowest BCUT2D eigenvalue weighted by atomic mass is 9.96. The summed E-state index contributed by atoms with van der Waals surface area (Å²) >= 11 is 0. The van der Waals surface area contributed by atoms with Gasteiger partial charge in [0.1, 0.15) is 0 Å². The predicted molar refractivity (Wildman–Crippen MR) is 57.3 cm³/mol. The van der Waals surface area contributed by atoms with E-state index < -0.39 is 0 Å². The molecule has 3 heteroatoms. The summed E-state index contributed by atoms with van der Waals surface area (Å²) in [4.78, 5) is 0. The Labute approximate surface area is 86.8 Å². The average Bonchev–Trinajstić information content (AvgIpc) is 2.72. The lowest BCUT2D eigenvalue weighted by Crippen LogP contribution is -2.39. The Balaban J connectivity index is 2.23. The molecule has 0 aliphatic carbocycles. The van der Waals surface area contributed by atoms with Gasteiger partial charge in [0.2, 0.25) is 0 Å². The van der Waals surface area contributed by atoms with Gasteiger partial charge >= 0.3 is 0 Å². The van der Waals surface area contributed by atoms with Crippen LogP contribution in [0.15, 0.2) is 0 Å². The van der Waals surface area contributed by atoms with Crippen LogP contribution in [0.3, 0.4) is 0 Å². The minimum atomic E-state index is 0.268. The summed E-state index contributed by atoms with van der Waals surface area (Å²) in [5.41, 5.74) is 0. The molecule has 0 radical (unpaired) electrons. The third kappa shape index (κ3) is 3.56. The minimum Gasteiger partial charge on any atom is -0.396 e. The Hall–Kier alpha value is -0.120. The van der Waals surface area contributed by atoms with E-state index >= 15 is 0 Å². The molecular weight excluding hydrogens is 178 g/mol. The van der Waals surface area contributed by atoms with Crippen LogP contribution in [0, 0.1) is 11.8 Å². The third-order valence-electron chi connectivity index (χ3n) is 3.01. The van der Waals surface area contributed by atoms with Crippen molar-refractivity contribution in [3.63, 3.8) is 0 Å². The molecule has 0 aromatic carbocycles. The first-order valence-electron chi connectivity index (χ1n) is 5.69. The van der Waals surface area contributed by atoms with E-state index in [9.17, 15) is 0 Å². The maximum absolute atomic E-state index is 8.92. The highest BCUT2D eigenvalue weighted by atomic mass is 16.5. The van der Waals surface area contributed by atoms with Crippen LogP contribution in [0.4, 0.5) is 0 Å². The second-order valence-corrected chi connectivity index (χ2v) is 4.33. The van der Waals surface area contributed by atoms with E-state index in [1.54, 1.807) is 0 Å². The van der Waals surface area contributed by atoms with E-state index in [1.807, 2.05) is 0 Å². The fraction of sp³-hybridized carbons (Fsp3) is 1.00. The molecule has 1 aliphatic rings. The van der Waals surface area contributed by atoms with Gasteiger partial charge < -0.3 is 15.2 Å².